The Labute approximate surface area is 132 Å². The fraction of sp³-hybridized carbons (Fsp3) is 0.765. The summed E-state index contributed by atoms with van der Waals surface area (Å²) in [4.78, 5) is 28.9. The van der Waals surface area contributed by atoms with E-state index in [1.165, 1.54) is 0 Å². The van der Waals surface area contributed by atoms with Crippen LogP contribution in [0.1, 0.15) is 32.1 Å². The summed E-state index contributed by atoms with van der Waals surface area (Å²) in [7, 11) is 0. The maximum absolute atomic E-state index is 12.6. The monoisotopic (exact) mass is 306 g/mol. The molecule has 0 saturated carbocycles. The molecule has 0 spiro atoms. The molecule has 0 radical (unpaired) electrons. The second-order valence-corrected chi connectivity index (χ2v) is 6.59. The highest BCUT2D eigenvalue weighted by Crippen LogP contribution is 2.24. The van der Waals surface area contributed by atoms with Crippen molar-refractivity contribution in [2.75, 3.05) is 39.4 Å². The lowest BCUT2D eigenvalue weighted by Gasteiger charge is -2.36. The molecule has 0 aromatic heterocycles. The molecule has 5 heteroatoms. The molecule has 2 atom stereocenters. The summed E-state index contributed by atoms with van der Waals surface area (Å²) in [6.07, 6.45) is 8.97. The van der Waals surface area contributed by atoms with Gasteiger partial charge < -0.3 is 14.5 Å². The molecule has 0 aromatic carbocycles. The van der Waals surface area contributed by atoms with Crippen molar-refractivity contribution in [1.29, 1.82) is 0 Å². The predicted octanol–water partition coefficient (Wildman–Crippen LogP) is 1.44. The fourth-order valence-corrected chi connectivity index (χ4v) is 3.67. The Kier molecular flexibility index (Phi) is 5.13. The van der Waals surface area contributed by atoms with Gasteiger partial charge in [0, 0.05) is 32.6 Å². The van der Waals surface area contributed by atoms with E-state index in [1.54, 1.807) is 0 Å². The Morgan fingerprint density at radius 2 is 1.91 bits per heavy atom. The molecule has 0 unspecified atom stereocenters. The summed E-state index contributed by atoms with van der Waals surface area (Å²) >= 11 is 0. The highest BCUT2D eigenvalue weighted by Gasteiger charge is 2.32. The molecule has 3 aliphatic rings. The predicted molar refractivity (Wildman–Crippen MR) is 83.2 cm³/mol. The van der Waals surface area contributed by atoms with Crippen LogP contribution in [0, 0.1) is 11.8 Å². The van der Waals surface area contributed by atoms with Crippen molar-refractivity contribution in [2.24, 2.45) is 11.8 Å². The molecule has 3 rings (SSSR count). The van der Waals surface area contributed by atoms with Crippen LogP contribution in [-0.4, -0.2) is 61.0 Å². The third-order valence-electron chi connectivity index (χ3n) is 5.00. The number of ether oxygens (including phenoxy) is 1. The standard InChI is InChI=1S/C17H26N2O3/c20-16(12-14-4-1-2-5-14)19-7-3-6-15(13-19)17(21)18-8-10-22-11-9-18/h1,4,14-15H,2-3,5-13H2/t14-,15+/m0/s1. The van der Waals surface area contributed by atoms with Gasteiger partial charge in [-0.05, 0) is 31.6 Å². The summed E-state index contributed by atoms with van der Waals surface area (Å²) in [5, 5.41) is 0. The Morgan fingerprint density at radius 3 is 2.64 bits per heavy atom. The largest absolute Gasteiger partial charge is 0.378 e. The van der Waals surface area contributed by atoms with Crippen molar-refractivity contribution in [3.63, 3.8) is 0 Å². The highest BCUT2D eigenvalue weighted by molar-refractivity contribution is 5.81. The molecular weight excluding hydrogens is 280 g/mol. The van der Waals surface area contributed by atoms with Crippen molar-refractivity contribution in [3.8, 4) is 0 Å². The normalized spacial score (nSPS) is 28.9. The average molecular weight is 306 g/mol. The zero-order chi connectivity index (χ0) is 15.4. The van der Waals surface area contributed by atoms with Crippen molar-refractivity contribution >= 4 is 11.8 Å². The number of carbonyl (C=O) groups is 2. The minimum absolute atomic E-state index is 0.0186. The van der Waals surface area contributed by atoms with Gasteiger partial charge in [-0.15, -0.1) is 0 Å². The molecule has 122 valence electrons. The summed E-state index contributed by atoms with van der Waals surface area (Å²) in [5.74, 6) is 0.815. The second kappa shape index (κ2) is 7.27. The van der Waals surface area contributed by atoms with E-state index in [1.807, 2.05) is 9.80 Å². The van der Waals surface area contributed by atoms with Gasteiger partial charge in [-0.3, -0.25) is 9.59 Å². The van der Waals surface area contributed by atoms with E-state index in [-0.39, 0.29) is 17.7 Å². The van der Waals surface area contributed by atoms with Gasteiger partial charge in [-0.2, -0.15) is 0 Å². The third kappa shape index (κ3) is 3.69. The van der Waals surface area contributed by atoms with E-state index in [4.69, 9.17) is 4.74 Å². The molecule has 5 nitrogen and oxygen atoms in total. The molecule has 2 fully saturated rings. The number of morpholine rings is 1. The summed E-state index contributed by atoms with van der Waals surface area (Å²) in [6, 6.07) is 0. The van der Waals surface area contributed by atoms with E-state index >= 15 is 0 Å². The lowest BCUT2D eigenvalue weighted by Crippen LogP contribution is -2.49. The number of nitrogens with zero attached hydrogens (tertiary/aromatic N) is 2. The smallest absolute Gasteiger partial charge is 0.227 e. The van der Waals surface area contributed by atoms with Gasteiger partial charge in [0.1, 0.15) is 0 Å². The first-order valence-electron chi connectivity index (χ1n) is 8.55. The SMILES string of the molecule is O=C(C[C@H]1C=CCC1)N1CCC[C@@H](C(=O)N2CCOCC2)C1. The highest BCUT2D eigenvalue weighted by atomic mass is 16.5. The van der Waals surface area contributed by atoms with Gasteiger partial charge in [0.05, 0.1) is 19.1 Å². The number of rotatable bonds is 3. The van der Waals surface area contributed by atoms with Gasteiger partial charge in [-0.1, -0.05) is 12.2 Å². The molecule has 1 aliphatic carbocycles. The first-order valence-corrected chi connectivity index (χ1v) is 8.55. The maximum atomic E-state index is 12.6. The molecule has 2 saturated heterocycles. The van der Waals surface area contributed by atoms with E-state index in [9.17, 15) is 9.59 Å². The molecule has 0 bridgehead atoms. The fourth-order valence-electron chi connectivity index (χ4n) is 3.67. The first kappa shape index (κ1) is 15.5. The minimum Gasteiger partial charge on any atom is -0.378 e. The number of hydrogen-bond acceptors (Lipinski definition) is 3. The summed E-state index contributed by atoms with van der Waals surface area (Å²) < 4.78 is 5.31. The van der Waals surface area contributed by atoms with Gasteiger partial charge in [0.25, 0.3) is 0 Å². The van der Waals surface area contributed by atoms with E-state index in [0.717, 1.165) is 32.2 Å². The van der Waals surface area contributed by atoms with Crippen LogP contribution < -0.4 is 0 Å². The Hall–Kier alpha value is -1.36. The van der Waals surface area contributed by atoms with Crippen molar-refractivity contribution in [3.05, 3.63) is 12.2 Å². The molecule has 22 heavy (non-hydrogen) atoms. The molecule has 2 aliphatic heterocycles. The lowest BCUT2D eigenvalue weighted by molar-refractivity contribution is -0.144. The number of hydrogen-bond donors (Lipinski definition) is 0. The minimum atomic E-state index is -0.0186. The number of piperidine rings is 1. The zero-order valence-electron chi connectivity index (χ0n) is 13.2. The van der Waals surface area contributed by atoms with Gasteiger partial charge in [-0.25, -0.2) is 0 Å². The van der Waals surface area contributed by atoms with Crippen LogP contribution >= 0.6 is 0 Å². The van der Waals surface area contributed by atoms with Crippen LogP contribution in [0.3, 0.4) is 0 Å². The van der Waals surface area contributed by atoms with Crippen molar-refractivity contribution in [1.82, 2.24) is 9.80 Å². The topological polar surface area (TPSA) is 49.9 Å². The van der Waals surface area contributed by atoms with Crippen LogP contribution in [0.25, 0.3) is 0 Å². The number of allylic oxidation sites excluding steroid dienone is 2. The van der Waals surface area contributed by atoms with E-state index in [2.05, 4.69) is 12.2 Å². The molecular formula is C17H26N2O3. The Morgan fingerprint density at radius 1 is 1.09 bits per heavy atom. The van der Waals surface area contributed by atoms with Crippen LogP contribution in [0.5, 0.6) is 0 Å². The van der Waals surface area contributed by atoms with Crippen LogP contribution in [-0.2, 0) is 14.3 Å². The zero-order valence-corrected chi connectivity index (χ0v) is 13.2. The van der Waals surface area contributed by atoms with E-state index < -0.39 is 0 Å². The quantitative estimate of drug-likeness (QED) is 0.741. The number of carbonyl (C=O) groups excluding carboxylic acids is 2. The summed E-state index contributed by atoms with van der Waals surface area (Å²) in [6.45, 7) is 4.06. The van der Waals surface area contributed by atoms with Crippen LogP contribution in [0.4, 0.5) is 0 Å². The molecule has 0 aromatic rings. The molecule has 0 N–H and O–H groups in total. The second-order valence-electron chi connectivity index (χ2n) is 6.59. The maximum Gasteiger partial charge on any atom is 0.227 e. The summed E-state index contributed by atoms with van der Waals surface area (Å²) in [5.41, 5.74) is 0. The van der Waals surface area contributed by atoms with Crippen LogP contribution in [0.15, 0.2) is 12.2 Å². The van der Waals surface area contributed by atoms with Crippen LogP contribution in [0.2, 0.25) is 0 Å². The average Bonchev–Trinajstić information content (AvgIpc) is 3.08. The third-order valence-corrected chi connectivity index (χ3v) is 5.00. The molecule has 2 amide bonds. The number of amides is 2. The lowest BCUT2D eigenvalue weighted by atomic mass is 9.95. The number of likely N-dealkylation sites (tertiary alicyclic amines) is 1. The Bertz CT molecular complexity index is 443. The van der Waals surface area contributed by atoms with E-state index in [0.29, 0.717) is 45.2 Å². The van der Waals surface area contributed by atoms with Gasteiger partial charge in [0.15, 0.2) is 0 Å². The van der Waals surface area contributed by atoms with Gasteiger partial charge in [0.2, 0.25) is 11.8 Å². The van der Waals surface area contributed by atoms with Crippen molar-refractivity contribution < 1.29 is 14.3 Å². The first-order chi connectivity index (χ1) is 10.7. The Balaban J connectivity index is 1.52. The van der Waals surface area contributed by atoms with Crippen molar-refractivity contribution in [2.45, 2.75) is 32.1 Å². The van der Waals surface area contributed by atoms with Gasteiger partial charge >= 0.3 is 0 Å². The molecule has 2 heterocycles.